The average molecular weight is 345 g/mol. The fourth-order valence-electron chi connectivity index (χ4n) is 1.94. The number of unbranched alkanes of at least 4 members (excludes halogenated alkanes) is 1. The molecule has 0 saturated heterocycles. The van der Waals surface area contributed by atoms with Crippen molar-refractivity contribution >= 4 is 27.5 Å². The van der Waals surface area contributed by atoms with Crippen molar-refractivity contribution in [3.05, 3.63) is 12.4 Å². The summed E-state index contributed by atoms with van der Waals surface area (Å²) in [5.74, 6) is 0.0641. The minimum Gasteiger partial charge on any atom is -0.323 e. The molecule has 1 heterocycles. The maximum absolute atomic E-state index is 11.7. The molecule has 0 aliphatic rings. The Morgan fingerprint density at radius 2 is 2.15 bits per heavy atom. The molecule has 5 nitrogen and oxygen atoms in total. The van der Waals surface area contributed by atoms with E-state index in [0.29, 0.717) is 6.42 Å². The fourth-order valence-corrected chi connectivity index (χ4v) is 2.33. The molecule has 0 aliphatic carbocycles. The van der Waals surface area contributed by atoms with Crippen LogP contribution in [0.4, 0.5) is 5.69 Å². The Morgan fingerprint density at radius 1 is 1.40 bits per heavy atom. The molecular weight excluding hydrogens is 320 g/mol. The van der Waals surface area contributed by atoms with Gasteiger partial charge in [-0.1, -0.05) is 29.8 Å². The second-order valence-corrected chi connectivity index (χ2v) is 5.51. The van der Waals surface area contributed by atoms with Crippen LogP contribution in [0.1, 0.15) is 33.1 Å². The van der Waals surface area contributed by atoms with Crippen LogP contribution < -0.4 is 5.32 Å². The van der Waals surface area contributed by atoms with E-state index in [1.54, 1.807) is 6.20 Å². The Bertz CT molecular complexity index is 390. The van der Waals surface area contributed by atoms with Crippen molar-refractivity contribution in [1.82, 2.24) is 14.7 Å². The van der Waals surface area contributed by atoms with E-state index in [4.69, 9.17) is 0 Å². The van der Waals surface area contributed by atoms with E-state index in [9.17, 15) is 4.79 Å². The normalized spacial score (nSPS) is 11.0. The number of carbonyl (C=O) groups excluding carboxylic acids is 1. The maximum atomic E-state index is 11.7. The standard InChI is InChI=1S/C14H25BrN4O/c1-3-18(4-2)9-10-19-12-13(11-16-19)17-14(20)7-5-6-8-15/h11-12H,3-10H2,1-2H3,(H,17,20). The largest absolute Gasteiger partial charge is 0.323 e. The predicted octanol–water partition coefficient (Wildman–Crippen LogP) is 2.73. The number of rotatable bonds is 10. The van der Waals surface area contributed by atoms with Crippen LogP contribution in [-0.2, 0) is 11.3 Å². The van der Waals surface area contributed by atoms with Gasteiger partial charge in [0.15, 0.2) is 0 Å². The number of hydrogen-bond donors (Lipinski definition) is 1. The molecular formula is C14H25BrN4O. The average Bonchev–Trinajstić information content (AvgIpc) is 2.88. The lowest BCUT2D eigenvalue weighted by molar-refractivity contribution is -0.116. The van der Waals surface area contributed by atoms with E-state index < -0.39 is 0 Å². The van der Waals surface area contributed by atoms with Gasteiger partial charge in [0.1, 0.15) is 0 Å². The summed E-state index contributed by atoms with van der Waals surface area (Å²) >= 11 is 3.36. The van der Waals surface area contributed by atoms with Crippen LogP contribution in [0.25, 0.3) is 0 Å². The zero-order valence-electron chi connectivity index (χ0n) is 12.4. The van der Waals surface area contributed by atoms with E-state index in [0.717, 1.165) is 50.0 Å². The minimum atomic E-state index is 0.0641. The first-order valence-electron chi connectivity index (χ1n) is 7.30. The van der Waals surface area contributed by atoms with Gasteiger partial charge in [-0.15, -0.1) is 0 Å². The summed E-state index contributed by atoms with van der Waals surface area (Å²) in [5, 5.41) is 8.11. The van der Waals surface area contributed by atoms with Gasteiger partial charge in [-0.2, -0.15) is 5.10 Å². The summed E-state index contributed by atoms with van der Waals surface area (Å²) in [6, 6.07) is 0. The monoisotopic (exact) mass is 344 g/mol. The number of hydrogen-bond acceptors (Lipinski definition) is 3. The topological polar surface area (TPSA) is 50.2 Å². The third-order valence-corrected chi connectivity index (χ3v) is 3.80. The quantitative estimate of drug-likeness (QED) is 0.524. The number of amides is 1. The molecule has 0 saturated carbocycles. The number of likely N-dealkylation sites (N-methyl/N-ethyl adjacent to an activating group) is 1. The van der Waals surface area contributed by atoms with Crippen LogP contribution in [0.5, 0.6) is 0 Å². The van der Waals surface area contributed by atoms with E-state index in [2.05, 4.69) is 45.1 Å². The third-order valence-electron chi connectivity index (χ3n) is 3.24. The highest BCUT2D eigenvalue weighted by molar-refractivity contribution is 9.09. The fraction of sp³-hybridized carbons (Fsp3) is 0.714. The number of nitrogens with one attached hydrogen (secondary N) is 1. The number of halogens is 1. The van der Waals surface area contributed by atoms with Gasteiger partial charge in [-0.3, -0.25) is 9.48 Å². The summed E-state index contributed by atoms with van der Waals surface area (Å²) < 4.78 is 1.88. The minimum absolute atomic E-state index is 0.0641. The smallest absolute Gasteiger partial charge is 0.224 e. The Hall–Kier alpha value is -0.880. The second-order valence-electron chi connectivity index (χ2n) is 4.71. The Kier molecular flexibility index (Phi) is 8.53. The van der Waals surface area contributed by atoms with Crippen molar-refractivity contribution < 1.29 is 4.79 Å². The summed E-state index contributed by atoms with van der Waals surface area (Å²) in [6.07, 6.45) is 6.11. The first-order valence-corrected chi connectivity index (χ1v) is 8.42. The zero-order valence-corrected chi connectivity index (χ0v) is 14.0. The van der Waals surface area contributed by atoms with Gasteiger partial charge < -0.3 is 10.2 Å². The molecule has 1 amide bonds. The van der Waals surface area contributed by atoms with Crippen molar-refractivity contribution in [3.63, 3.8) is 0 Å². The lowest BCUT2D eigenvalue weighted by atomic mass is 10.2. The molecule has 20 heavy (non-hydrogen) atoms. The molecule has 1 aromatic heterocycles. The van der Waals surface area contributed by atoms with Gasteiger partial charge >= 0.3 is 0 Å². The molecule has 1 N–H and O–H groups in total. The lowest BCUT2D eigenvalue weighted by Crippen LogP contribution is -2.27. The molecule has 0 fully saturated rings. The highest BCUT2D eigenvalue weighted by atomic mass is 79.9. The molecule has 1 aromatic rings. The zero-order chi connectivity index (χ0) is 14.8. The van der Waals surface area contributed by atoms with Crippen molar-refractivity contribution in [2.45, 2.75) is 39.7 Å². The second kappa shape index (κ2) is 9.94. The number of alkyl halides is 1. The van der Waals surface area contributed by atoms with E-state index >= 15 is 0 Å². The number of nitrogens with zero attached hydrogens (tertiary/aromatic N) is 3. The van der Waals surface area contributed by atoms with Gasteiger partial charge in [0.05, 0.1) is 18.4 Å². The third kappa shape index (κ3) is 6.52. The lowest BCUT2D eigenvalue weighted by Gasteiger charge is -2.17. The van der Waals surface area contributed by atoms with E-state index in [-0.39, 0.29) is 5.91 Å². The summed E-state index contributed by atoms with van der Waals surface area (Å²) in [7, 11) is 0. The molecule has 1 rings (SSSR count). The van der Waals surface area contributed by atoms with Crippen LogP contribution in [0, 0.1) is 0 Å². The van der Waals surface area contributed by atoms with Gasteiger partial charge in [0.25, 0.3) is 0 Å². The molecule has 0 spiro atoms. The van der Waals surface area contributed by atoms with Crippen molar-refractivity contribution in [2.24, 2.45) is 0 Å². The Morgan fingerprint density at radius 3 is 2.80 bits per heavy atom. The van der Waals surface area contributed by atoms with Gasteiger partial charge in [-0.05, 0) is 25.9 Å². The predicted molar refractivity (Wildman–Crippen MR) is 86.3 cm³/mol. The molecule has 6 heteroatoms. The first kappa shape index (κ1) is 17.2. The van der Waals surface area contributed by atoms with E-state index in [1.165, 1.54) is 0 Å². The highest BCUT2D eigenvalue weighted by Gasteiger charge is 2.05. The summed E-state index contributed by atoms with van der Waals surface area (Å²) in [4.78, 5) is 14.0. The van der Waals surface area contributed by atoms with Crippen molar-refractivity contribution in [1.29, 1.82) is 0 Å². The molecule has 114 valence electrons. The van der Waals surface area contributed by atoms with Crippen LogP contribution in [0.2, 0.25) is 0 Å². The molecule has 0 unspecified atom stereocenters. The number of anilines is 1. The molecule has 0 aliphatic heterocycles. The molecule has 0 radical (unpaired) electrons. The number of carbonyl (C=O) groups is 1. The summed E-state index contributed by atoms with van der Waals surface area (Å²) in [5.41, 5.74) is 0.786. The van der Waals surface area contributed by atoms with Crippen molar-refractivity contribution in [2.75, 3.05) is 30.3 Å². The SMILES string of the molecule is CCN(CC)CCn1cc(NC(=O)CCCCBr)cn1. The Balaban J connectivity index is 2.33. The van der Waals surface area contributed by atoms with E-state index in [1.807, 2.05) is 10.9 Å². The highest BCUT2D eigenvalue weighted by Crippen LogP contribution is 2.07. The van der Waals surface area contributed by atoms with Crippen LogP contribution in [0.15, 0.2) is 12.4 Å². The van der Waals surface area contributed by atoms with Gasteiger partial charge in [-0.25, -0.2) is 0 Å². The first-order chi connectivity index (χ1) is 9.69. The van der Waals surface area contributed by atoms with Crippen LogP contribution in [-0.4, -0.2) is 45.6 Å². The molecule has 0 aromatic carbocycles. The number of aromatic nitrogens is 2. The summed E-state index contributed by atoms with van der Waals surface area (Å²) in [6.45, 7) is 8.24. The molecule has 0 bridgehead atoms. The van der Waals surface area contributed by atoms with Crippen molar-refractivity contribution in [3.8, 4) is 0 Å². The van der Waals surface area contributed by atoms with Crippen LogP contribution in [0.3, 0.4) is 0 Å². The maximum Gasteiger partial charge on any atom is 0.224 e. The molecule has 0 atom stereocenters. The Labute approximate surface area is 129 Å². The van der Waals surface area contributed by atoms with Gasteiger partial charge in [0.2, 0.25) is 5.91 Å². The van der Waals surface area contributed by atoms with Gasteiger partial charge in [0, 0.05) is 24.5 Å². The van der Waals surface area contributed by atoms with Crippen LogP contribution >= 0.6 is 15.9 Å².